The second-order valence-electron chi connectivity index (χ2n) is 6.84. The first-order valence-corrected chi connectivity index (χ1v) is 6.92. The lowest BCUT2D eigenvalue weighted by Gasteiger charge is -2.41. The fourth-order valence-corrected chi connectivity index (χ4v) is 3.69. The molecular formula is C14H27NO. The third-order valence-electron chi connectivity index (χ3n) is 4.43. The van der Waals surface area contributed by atoms with Crippen molar-refractivity contribution >= 4 is 0 Å². The number of hydrogen-bond acceptors (Lipinski definition) is 2. The van der Waals surface area contributed by atoms with Gasteiger partial charge in [0.25, 0.3) is 0 Å². The summed E-state index contributed by atoms with van der Waals surface area (Å²) < 4.78 is 0. The number of rotatable bonds is 2. The fraction of sp³-hybridized carbons (Fsp3) is 1.00. The molecule has 0 aromatic carbocycles. The van der Waals surface area contributed by atoms with Gasteiger partial charge in [0.1, 0.15) is 0 Å². The van der Waals surface area contributed by atoms with Gasteiger partial charge in [-0.2, -0.15) is 0 Å². The van der Waals surface area contributed by atoms with Crippen molar-refractivity contribution in [1.82, 2.24) is 5.32 Å². The van der Waals surface area contributed by atoms with E-state index in [-0.39, 0.29) is 0 Å². The molecule has 1 heterocycles. The van der Waals surface area contributed by atoms with Gasteiger partial charge in [-0.1, -0.05) is 26.7 Å². The van der Waals surface area contributed by atoms with E-state index in [0.29, 0.717) is 5.41 Å². The lowest BCUT2D eigenvalue weighted by atomic mass is 9.68. The molecule has 2 unspecified atom stereocenters. The van der Waals surface area contributed by atoms with Crippen LogP contribution >= 0.6 is 0 Å². The van der Waals surface area contributed by atoms with Crippen LogP contribution in [0.5, 0.6) is 0 Å². The molecule has 2 rings (SSSR count). The third-order valence-corrected chi connectivity index (χ3v) is 4.43. The largest absolute Gasteiger partial charge is 0.389 e. The maximum absolute atomic E-state index is 10.5. The second kappa shape index (κ2) is 4.66. The molecule has 0 spiro atoms. The Morgan fingerprint density at radius 2 is 2.06 bits per heavy atom. The molecule has 2 heteroatoms. The molecule has 2 N–H and O–H groups in total. The molecule has 1 saturated heterocycles. The van der Waals surface area contributed by atoms with Gasteiger partial charge in [0.2, 0.25) is 0 Å². The highest BCUT2D eigenvalue weighted by atomic mass is 16.3. The lowest BCUT2D eigenvalue weighted by molar-refractivity contribution is -0.0177. The highest BCUT2D eigenvalue weighted by molar-refractivity contribution is 4.90. The normalized spacial score (nSPS) is 39.6. The highest BCUT2D eigenvalue weighted by Gasteiger charge is 2.35. The van der Waals surface area contributed by atoms with Crippen molar-refractivity contribution in [2.45, 2.75) is 64.4 Å². The number of piperidine rings is 1. The van der Waals surface area contributed by atoms with E-state index in [1.165, 1.54) is 25.7 Å². The summed E-state index contributed by atoms with van der Waals surface area (Å²) in [6, 6.07) is 0. The summed E-state index contributed by atoms with van der Waals surface area (Å²) in [5, 5.41) is 13.9. The van der Waals surface area contributed by atoms with Crippen LogP contribution in [0.4, 0.5) is 0 Å². The molecule has 1 saturated carbocycles. The Morgan fingerprint density at radius 3 is 2.69 bits per heavy atom. The molecule has 94 valence electrons. The van der Waals surface area contributed by atoms with Crippen LogP contribution in [-0.2, 0) is 0 Å². The summed E-state index contributed by atoms with van der Waals surface area (Å²) in [6.45, 7) is 6.65. The molecule has 0 aromatic rings. The second-order valence-corrected chi connectivity index (χ2v) is 6.84. The van der Waals surface area contributed by atoms with Crippen molar-refractivity contribution in [1.29, 1.82) is 0 Å². The van der Waals surface area contributed by atoms with Crippen LogP contribution in [0.1, 0.15) is 58.8 Å². The first kappa shape index (κ1) is 12.4. The first-order valence-electron chi connectivity index (χ1n) is 6.92. The highest BCUT2D eigenvalue weighted by Crippen LogP contribution is 2.42. The van der Waals surface area contributed by atoms with E-state index in [9.17, 15) is 5.11 Å². The SMILES string of the molecule is CC1(C)CCCC(CC2(O)CCCNC2)C1. The number of aliphatic hydroxyl groups is 1. The average Bonchev–Trinajstić information content (AvgIpc) is 2.16. The molecular weight excluding hydrogens is 198 g/mol. The van der Waals surface area contributed by atoms with Crippen LogP contribution in [-0.4, -0.2) is 23.8 Å². The quantitative estimate of drug-likeness (QED) is 0.757. The van der Waals surface area contributed by atoms with Gasteiger partial charge in [-0.3, -0.25) is 0 Å². The van der Waals surface area contributed by atoms with Crippen molar-refractivity contribution in [3.63, 3.8) is 0 Å². The minimum Gasteiger partial charge on any atom is -0.389 e. The number of nitrogens with one attached hydrogen (secondary N) is 1. The van der Waals surface area contributed by atoms with Gasteiger partial charge in [-0.25, -0.2) is 0 Å². The van der Waals surface area contributed by atoms with Crippen LogP contribution in [0.3, 0.4) is 0 Å². The maximum Gasteiger partial charge on any atom is 0.0774 e. The summed E-state index contributed by atoms with van der Waals surface area (Å²) in [7, 11) is 0. The lowest BCUT2D eigenvalue weighted by Crippen LogP contribution is -2.47. The van der Waals surface area contributed by atoms with Gasteiger partial charge >= 0.3 is 0 Å². The summed E-state index contributed by atoms with van der Waals surface area (Å²) >= 11 is 0. The van der Waals surface area contributed by atoms with Crippen LogP contribution in [0, 0.1) is 11.3 Å². The molecule has 1 aliphatic heterocycles. The van der Waals surface area contributed by atoms with E-state index in [1.54, 1.807) is 0 Å². The van der Waals surface area contributed by atoms with Gasteiger partial charge in [-0.05, 0) is 50.0 Å². The Hall–Kier alpha value is -0.0800. The van der Waals surface area contributed by atoms with E-state index < -0.39 is 5.60 Å². The van der Waals surface area contributed by atoms with Gasteiger partial charge < -0.3 is 10.4 Å². The standard InChI is InChI=1S/C14H27NO/c1-13(2)6-3-5-12(9-13)10-14(16)7-4-8-15-11-14/h12,15-16H,3-11H2,1-2H3. The monoisotopic (exact) mass is 225 g/mol. The predicted octanol–water partition coefficient (Wildman–Crippen LogP) is 2.71. The van der Waals surface area contributed by atoms with Crippen LogP contribution in [0.15, 0.2) is 0 Å². The molecule has 16 heavy (non-hydrogen) atoms. The van der Waals surface area contributed by atoms with Crippen LogP contribution < -0.4 is 5.32 Å². The Bertz CT molecular complexity index is 231. The maximum atomic E-state index is 10.5. The Morgan fingerprint density at radius 1 is 1.25 bits per heavy atom. The zero-order chi connectivity index (χ0) is 11.6. The van der Waals surface area contributed by atoms with Crippen molar-refractivity contribution in [3.05, 3.63) is 0 Å². The summed E-state index contributed by atoms with van der Waals surface area (Å²) in [4.78, 5) is 0. The molecule has 0 aromatic heterocycles. The fourth-order valence-electron chi connectivity index (χ4n) is 3.69. The van der Waals surface area contributed by atoms with Gasteiger partial charge in [-0.15, -0.1) is 0 Å². The smallest absolute Gasteiger partial charge is 0.0774 e. The van der Waals surface area contributed by atoms with Crippen molar-refractivity contribution in [3.8, 4) is 0 Å². The minimum absolute atomic E-state index is 0.406. The Kier molecular flexibility index (Phi) is 3.60. The Balaban J connectivity index is 1.88. The molecule has 2 atom stereocenters. The van der Waals surface area contributed by atoms with E-state index in [1.807, 2.05) is 0 Å². The van der Waals surface area contributed by atoms with Gasteiger partial charge in [0.05, 0.1) is 5.60 Å². The van der Waals surface area contributed by atoms with E-state index in [0.717, 1.165) is 38.3 Å². The van der Waals surface area contributed by atoms with E-state index in [2.05, 4.69) is 19.2 Å². The topological polar surface area (TPSA) is 32.3 Å². The third kappa shape index (κ3) is 3.21. The molecule has 2 aliphatic rings. The molecule has 0 amide bonds. The van der Waals surface area contributed by atoms with E-state index >= 15 is 0 Å². The average molecular weight is 225 g/mol. The van der Waals surface area contributed by atoms with Gasteiger partial charge in [0.15, 0.2) is 0 Å². The van der Waals surface area contributed by atoms with Crippen LogP contribution in [0.25, 0.3) is 0 Å². The Labute approximate surface area is 99.8 Å². The molecule has 0 bridgehead atoms. The first-order chi connectivity index (χ1) is 7.49. The zero-order valence-electron chi connectivity index (χ0n) is 10.9. The van der Waals surface area contributed by atoms with Gasteiger partial charge in [0, 0.05) is 6.54 Å². The van der Waals surface area contributed by atoms with Crippen molar-refractivity contribution < 1.29 is 5.11 Å². The van der Waals surface area contributed by atoms with E-state index in [4.69, 9.17) is 0 Å². The number of hydrogen-bond donors (Lipinski definition) is 2. The number of β-amino-alcohol motifs (C(OH)–C–C–N with tert-alkyl or cyclic N) is 1. The molecule has 1 aliphatic carbocycles. The minimum atomic E-state index is -0.406. The molecule has 2 nitrogen and oxygen atoms in total. The van der Waals surface area contributed by atoms with Crippen molar-refractivity contribution in [2.24, 2.45) is 11.3 Å². The zero-order valence-corrected chi connectivity index (χ0v) is 10.9. The molecule has 2 fully saturated rings. The van der Waals surface area contributed by atoms with Crippen LogP contribution in [0.2, 0.25) is 0 Å². The predicted molar refractivity (Wildman–Crippen MR) is 67.4 cm³/mol. The summed E-state index contributed by atoms with van der Waals surface area (Å²) in [6.07, 6.45) is 8.48. The summed E-state index contributed by atoms with van der Waals surface area (Å²) in [5.74, 6) is 0.744. The molecule has 0 radical (unpaired) electrons. The summed E-state index contributed by atoms with van der Waals surface area (Å²) in [5.41, 5.74) is 0.0949. The van der Waals surface area contributed by atoms with Crippen molar-refractivity contribution in [2.75, 3.05) is 13.1 Å².